The largest absolute Gasteiger partial charge is 0.508 e. The summed E-state index contributed by atoms with van der Waals surface area (Å²) in [6.07, 6.45) is 3.58. The van der Waals surface area contributed by atoms with Crippen molar-refractivity contribution in [2.24, 2.45) is 0 Å². The van der Waals surface area contributed by atoms with E-state index in [0.29, 0.717) is 30.8 Å². The second kappa shape index (κ2) is 11.3. The molecule has 0 spiro atoms. The Kier molecular flexibility index (Phi) is 7.98. The van der Waals surface area contributed by atoms with Crippen molar-refractivity contribution in [1.82, 2.24) is 15.0 Å². The third-order valence-electron chi connectivity index (χ3n) is 4.39. The van der Waals surface area contributed by atoms with Gasteiger partial charge in [-0.05, 0) is 49.2 Å². The van der Waals surface area contributed by atoms with Crippen molar-refractivity contribution in [2.75, 3.05) is 22.5 Å². The van der Waals surface area contributed by atoms with Crippen LogP contribution in [-0.4, -0.2) is 37.7 Å². The number of benzene rings is 2. The monoisotopic (exact) mass is 422 g/mol. The Labute approximate surface area is 180 Å². The first-order valence-electron chi connectivity index (χ1n) is 10.2. The summed E-state index contributed by atoms with van der Waals surface area (Å²) in [5.74, 6) is 0.614. The standard InChI is InChI=1S/C22H26N6O3/c29-18-13-11-17(12-14-18)25-22-27-20(23-15-7-2-1-6-10-19(30)31)26-21(28-22)24-16-8-4-3-5-9-16/h3-5,8-9,11-14,29H,1-2,6-7,10,15H2,(H,30,31)(H3,23,24,25,26,27,28). The summed E-state index contributed by atoms with van der Waals surface area (Å²) in [7, 11) is 0. The van der Waals surface area contributed by atoms with Gasteiger partial charge >= 0.3 is 5.97 Å². The van der Waals surface area contributed by atoms with Crippen LogP contribution in [0, 0.1) is 0 Å². The minimum Gasteiger partial charge on any atom is -0.508 e. The van der Waals surface area contributed by atoms with E-state index in [9.17, 15) is 9.90 Å². The van der Waals surface area contributed by atoms with Crippen molar-refractivity contribution in [2.45, 2.75) is 32.1 Å². The molecule has 3 rings (SSSR count). The van der Waals surface area contributed by atoms with E-state index >= 15 is 0 Å². The van der Waals surface area contributed by atoms with E-state index < -0.39 is 5.97 Å². The number of phenolic OH excluding ortho intramolecular Hbond substituents is 1. The molecule has 0 saturated heterocycles. The Morgan fingerprint density at radius 1 is 0.742 bits per heavy atom. The first-order chi connectivity index (χ1) is 15.1. The number of carboxylic acids is 1. The van der Waals surface area contributed by atoms with E-state index in [0.717, 1.165) is 30.6 Å². The first-order valence-corrected chi connectivity index (χ1v) is 10.2. The number of nitrogens with zero attached hydrogens (tertiary/aromatic N) is 3. The van der Waals surface area contributed by atoms with Gasteiger partial charge in [0.1, 0.15) is 5.75 Å². The van der Waals surface area contributed by atoms with Crippen LogP contribution in [0.3, 0.4) is 0 Å². The Morgan fingerprint density at radius 3 is 1.97 bits per heavy atom. The Bertz CT molecular complexity index is 967. The fourth-order valence-electron chi connectivity index (χ4n) is 2.85. The molecule has 31 heavy (non-hydrogen) atoms. The summed E-state index contributed by atoms with van der Waals surface area (Å²) in [4.78, 5) is 23.9. The van der Waals surface area contributed by atoms with Crippen molar-refractivity contribution in [3.63, 3.8) is 0 Å². The van der Waals surface area contributed by atoms with E-state index in [1.807, 2.05) is 30.3 Å². The van der Waals surface area contributed by atoms with Gasteiger partial charge in [0, 0.05) is 24.3 Å². The number of aliphatic carboxylic acids is 1. The molecule has 1 aromatic heterocycles. The van der Waals surface area contributed by atoms with Gasteiger partial charge in [0.15, 0.2) is 0 Å². The Balaban J connectivity index is 1.64. The maximum Gasteiger partial charge on any atom is 0.303 e. The highest BCUT2D eigenvalue weighted by atomic mass is 16.4. The number of unbranched alkanes of at least 4 members (excludes halogenated alkanes) is 3. The minimum atomic E-state index is -0.754. The summed E-state index contributed by atoms with van der Waals surface area (Å²) >= 11 is 0. The van der Waals surface area contributed by atoms with Gasteiger partial charge in [-0.2, -0.15) is 15.0 Å². The number of anilines is 5. The number of rotatable bonds is 12. The fraction of sp³-hybridized carbons (Fsp3) is 0.273. The number of phenols is 1. The summed E-state index contributed by atoms with van der Waals surface area (Å²) < 4.78 is 0. The van der Waals surface area contributed by atoms with E-state index in [4.69, 9.17) is 5.11 Å². The maximum atomic E-state index is 10.6. The highest BCUT2D eigenvalue weighted by Crippen LogP contribution is 2.20. The average Bonchev–Trinajstić information content (AvgIpc) is 2.75. The maximum absolute atomic E-state index is 10.6. The molecular formula is C22H26N6O3. The summed E-state index contributed by atoms with van der Waals surface area (Å²) in [6, 6.07) is 16.2. The molecule has 0 aliphatic heterocycles. The minimum absolute atomic E-state index is 0.179. The Morgan fingerprint density at radius 2 is 1.32 bits per heavy atom. The van der Waals surface area contributed by atoms with E-state index in [1.54, 1.807) is 24.3 Å². The zero-order valence-corrected chi connectivity index (χ0v) is 17.1. The van der Waals surface area contributed by atoms with Gasteiger partial charge < -0.3 is 26.2 Å². The lowest BCUT2D eigenvalue weighted by Crippen LogP contribution is -2.10. The Hall–Kier alpha value is -3.88. The van der Waals surface area contributed by atoms with Gasteiger partial charge in [0.25, 0.3) is 0 Å². The smallest absolute Gasteiger partial charge is 0.303 e. The molecule has 0 aliphatic carbocycles. The summed E-state index contributed by atoms with van der Waals surface area (Å²) in [5.41, 5.74) is 1.59. The molecule has 9 heteroatoms. The van der Waals surface area contributed by atoms with Crippen LogP contribution in [0.25, 0.3) is 0 Å². The van der Waals surface area contributed by atoms with Crippen molar-refractivity contribution < 1.29 is 15.0 Å². The highest BCUT2D eigenvalue weighted by molar-refractivity contribution is 5.66. The van der Waals surface area contributed by atoms with Gasteiger partial charge in [-0.3, -0.25) is 4.79 Å². The van der Waals surface area contributed by atoms with Gasteiger partial charge in [0.2, 0.25) is 17.8 Å². The SMILES string of the molecule is O=C(O)CCCCCCNc1nc(Nc2ccccc2)nc(Nc2ccc(O)cc2)n1. The normalized spacial score (nSPS) is 10.5. The van der Waals surface area contributed by atoms with Crippen LogP contribution in [0.5, 0.6) is 5.75 Å². The topological polar surface area (TPSA) is 132 Å². The van der Waals surface area contributed by atoms with Gasteiger partial charge in [-0.1, -0.05) is 31.0 Å². The van der Waals surface area contributed by atoms with Crippen LogP contribution in [-0.2, 0) is 4.79 Å². The zero-order valence-electron chi connectivity index (χ0n) is 17.1. The fourth-order valence-corrected chi connectivity index (χ4v) is 2.85. The molecule has 3 aromatic rings. The second-order valence-corrected chi connectivity index (χ2v) is 6.95. The van der Waals surface area contributed by atoms with E-state index in [2.05, 4.69) is 30.9 Å². The summed E-state index contributed by atoms with van der Waals surface area (Å²) in [5, 5.41) is 27.6. The lowest BCUT2D eigenvalue weighted by atomic mass is 10.1. The van der Waals surface area contributed by atoms with Crippen molar-refractivity contribution in [1.29, 1.82) is 0 Å². The van der Waals surface area contributed by atoms with Crippen LogP contribution in [0.1, 0.15) is 32.1 Å². The molecule has 1 heterocycles. The van der Waals surface area contributed by atoms with E-state index in [1.165, 1.54) is 0 Å². The van der Waals surface area contributed by atoms with Crippen LogP contribution in [0.4, 0.5) is 29.2 Å². The highest BCUT2D eigenvalue weighted by Gasteiger charge is 2.08. The number of nitrogens with one attached hydrogen (secondary N) is 3. The molecule has 9 nitrogen and oxygen atoms in total. The predicted molar refractivity (Wildman–Crippen MR) is 120 cm³/mol. The number of aromatic nitrogens is 3. The molecule has 0 aliphatic rings. The quantitative estimate of drug-likeness (QED) is 0.211. The lowest BCUT2D eigenvalue weighted by Gasteiger charge is -2.11. The average molecular weight is 422 g/mol. The van der Waals surface area contributed by atoms with Crippen LogP contribution < -0.4 is 16.0 Å². The third kappa shape index (κ3) is 7.81. The summed E-state index contributed by atoms with van der Waals surface area (Å²) in [6.45, 7) is 0.667. The van der Waals surface area contributed by atoms with Crippen molar-refractivity contribution >= 4 is 35.2 Å². The van der Waals surface area contributed by atoms with Gasteiger partial charge in [-0.25, -0.2) is 0 Å². The van der Waals surface area contributed by atoms with Crippen LogP contribution in [0.15, 0.2) is 54.6 Å². The molecule has 0 atom stereocenters. The molecule has 0 fully saturated rings. The van der Waals surface area contributed by atoms with Crippen LogP contribution >= 0.6 is 0 Å². The molecule has 2 aromatic carbocycles. The molecule has 0 amide bonds. The molecule has 0 radical (unpaired) electrons. The molecular weight excluding hydrogens is 396 g/mol. The zero-order chi connectivity index (χ0) is 21.9. The number of hydrogen-bond acceptors (Lipinski definition) is 8. The molecule has 0 unspecified atom stereocenters. The molecule has 162 valence electrons. The van der Waals surface area contributed by atoms with Gasteiger partial charge in [-0.15, -0.1) is 0 Å². The number of para-hydroxylation sites is 1. The number of carboxylic acid groups (broad SMARTS) is 1. The van der Waals surface area contributed by atoms with E-state index in [-0.39, 0.29) is 12.2 Å². The third-order valence-corrected chi connectivity index (χ3v) is 4.39. The molecule has 0 saturated carbocycles. The van der Waals surface area contributed by atoms with Crippen molar-refractivity contribution in [3.05, 3.63) is 54.6 Å². The lowest BCUT2D eigenvalue weighted by molar-refractivity contribution is -0.137. The predicted octanol–water partition coefficient (Wildman–Crippen LogP) is 4.51. The molecule has 5 N–H and O–H groups in total. The number of hydrogen-bond donors (Lipinski definition) is 5. The molecule has 0 bridgehead atoms. The number of aromatic hydroxyl groups is 1. The first kappa shape index (κ1) is 21.8. The van der Waals surface area contributed by atoms with Crippen molar-refractivity contribution in [3.8, 4) is 5.75 Å². The second-order valence-electron chi connectivity index (χ2n) is 6.95. The van der Waals surface area contributed by atoms with Crippen LogP contribution in [0.2, 0.25) is 0 Å². The van der Waals surface area contributed by atoms with Gasteiger partial charge in [0.05, 0.1) is 0 Å². The number of carbonyl (C=O) groups is 1.